The van der Waals surface area contributed by atoms with Crippen LogP contribution in [0.15, 0.2) is 72.9 Å². The van der Waals surface area contributed by atoms with Crippen LogP contribution in [-0.2, 0) is 0 Å². The Hall–Kier alpha value is -3.28. The third-order valence-corrected chi connectivity index (χ3v) is 5.72. The van der Waals surface area contributed by atoms with Crippen molar-refractivity contribution in [3.05, 3.63) is 94.5 Å². The van der Waals surface area contributed by atoms with Gasteiger partial charge in [-0.15, -0.1) is 11.3 Å². The molecule has 2 aromatic carbocycles. The van der Waals surface area contributed by atoms with Gasteiger partial charge in [0.25, 0.3) is 0 Å². The van der Waals surface area contributed by atoms with Crippen molar-refractivity contribution in [1.29, 1.82) is 0 Å². The lowest BCUT2D eigenvalue weighted by Crippen LogP contribution is -1.99. The summed E-state index contributed by atoms with van der Waals surface area (Å²) in [7, 11) is 0. The maximum atomic E-state index is 9.78. The predicted molar refractivity (Wildman–Crippen MR) is 126 cm³/mol. The van der Waals surface area contributed by atoms with Gasteiger partial charge in [0.15, 0.2) is 0 Å². The lowest BCUT2D eigenvalue weighted by molar-refractivity contribution is 0.199. The first kappa shape index (κ1) is 20.0. The van der Waals surface area contributed by atoms with Gasteiger partial charge >= 0.3 is 0 Å². The number of anilines is 2. The minimum atomic E-state index is -0.517. The molecule has 4 nitrogen and oxygen atoms in total. The van der Waals surface area contributed by atoms with Gasteiger partial charge in [0, 0.05) is 16.8 Å². The minimum absolute atomic E-state index is 0.517. The standard InChI is InChI=1S/C25H23N3OS/c1-17-5-3-6-19(15-17)9-10-22-11-12-24(30-22)23-13-14-26-25(28-23)27-21-8-4-7-20(16-21)18(2)29/h3-16,18,29H,1-2H3,(H,26,27,28)/b10-9+. The fraction of sp³-hybridized carbons (Fsp3) is 0.120. The van der Waals surface area contributed by atoms with E-state index < -0.39 is 6.10 Å². The second kappa shape index (κ2) is 9.03. The average Bonchev–Trinajstić information content (AvgIpc) is 3.22. The fourth-order valence-corrected chi connectivity index (χ4v) is 3.97. The Labute approximate surface area is 180 Å². The summed E-state index contributed by atoms with van der Waals surface area (Å²) in [4.78, 5) is 11.2. The van der Waals surface area contributed by atoms with Gasteiger partial charge in [-0.05, 0) is 61.4 Å². The number of hydrogen-bond donors (Lipinski definition) is 2. The molecule has 1 unspecified atom stereocenters. The van der Waals surface area contributed by atoms with Crippen LogP contribution in [0.3, 0.4) is 0 Å². The molecule has 0 bridgehead atoms. The maximum Gasteiger partial charge on any atom is 0.227 e. The van der Waals surface area contributed by atoms with Gasteiger partial charge in [0.2, 0.25) is 5.95 Å². The average molecular weight is 414 g/mol. The number of thiophene rings is 1. The zero-order valence-corrected chi connectivity index (χ0v) is 17.7. The quantitative estimate of drug-likeness (QED) is 0.380. The molecule has 4 aromatic rings. The molecule has 0 saturated carbocycles. The highest BCUT2D eigenvalue weighted by Gasteiger charge is 2.07. The fourth-order valence-electron chi connectivity index (χ4n) is 3.09. The number of hydrogen-bond acceptors (Lipinski definition) is 5. The van der Waals surface area contributed by atoms with E-state index in [9.17, 15) is 5.11 Å². The monoisotopic (exact) mass is 413 g/mol. The van der Waals surface area contributed by atoms with Crippen molar-refractivity contribution < 1.29 is 5.11 Å². The summed E-state index contributed by atoms with van der Waals surface area (Å²) >= 11 is 1.69. The Morgan fingerprint density at radius 3 is 2.70 bits per heavy atom. The zero-order valence-electron chi connectivity index (χ0n) is 16.9. The van der Waals surface area contributed by atoms with Crippen molar-refractivity contribution in [2.45, 2.75) is 20.0 Å². The number of benzene rings is 2. The zero-order chi connectivity index (χ0) is 20.9. The molecule has 2 aromatic heterocycles. The van der Waals surface area contributed by atoms with E-state index in [-0.39, 0.29) is 0 Å². The Balaban J connectivity index is 1.51. The lowest BCUT2D eigenvalue weighted by atomic mass is 10.1. The summed E-state index contributed by atoms with van der Waals surface area (Å²) in [5, 5.41) is 13.0. The van der Waals surface area contributed by atoms with Gasteiger partial charge in [-0.25, -0.2) is 9.97 Å². The van der Waals surface area contributed by atoms with E-state index in [0.717, 1.165) is 21.8 Å². The SMILES string of the molecule is Cc1cccc(/C=C/c2ccc(-c3ccnc(Nc4cccc(C(C)O)c4)n3)s2)c1. The van der Waals surface area contributed by atoms with Crippen molar-refractivity contribution in [1.82, 2.24) is 9.97 Å². The number of aliphatic hydroxyl groups excluding tert-OH is 1. The molecule has 4 rings (SSSR count). The van der Waals surface area contributed by atoms with E-state index in [1.807, 2.05) is 30.3 Å². The number of aryl methyl sites for hydroxylation is 1. The Kier molecular flexibility index (Phi) is 6.02. The highest BCUT2D eigenvalue weighted by molar-refractivity contribution is 7.16. The van der Waals surface area contributed by atoms with Crippen LogP contribution in [0, 0.1) is 6.92 Å². The molecule has 2 heterocycles. The summed E-state index contributed by atoms with van der Waals surface area (Å²) in [6, 6.07) is 22.2. The Morgan fingerprint density at radius 1 is 1.00 bits per heavy atom. The van der Waals surface area contributed by atoms with Crippen molar-refractivity contribution in [2.24, 2.45) is 0 Å². The van der Waals surface area contributed by atoms with Crippen molar-refractivity contribution in [3.8, 4) is 10.6 Å². The first-order chi connectivity index (χ1) is 14.6. The second-order valence-electron chi connectivity index (χ2n) is 7.14. The van der Waals surface area contributed by atoms with Crippen LogP contribution in [0.5, 0.6) is 0 Å². The van der Waals surface area contributed by atoms with Crippen molar-refractivity contribution >= 4 is 35.1 Å². The molecular formula is C25H23N3OS. The molecule has 150 valence electrons. The minimum Gasteiger partial charge on any atom is -0.389 e. The second-order valence-corrected chi connectivity index (χ2v) is 8.26. The van der Waals surface area contributed by atoms with Gasteiger partial charge in [0.1, 0.15) is 0 Å². The smallest absolute Gasteiger partial charge is 0.227 e. The van der Waals surface area contributed by atoms with E-state index in [1.165, 1.54) is 16.0 Å². The van der Waals surface area contributed by atoms with Gasteiger partial charge in [-0.2, -0.15) is 0 Å². The summed E-state index contributed by atoms with van der Waals surface area (Å²) in [6.45, 7) is 3.85. The molecule has 0 aliphatic carbocycles. The third-order valence-electron chi connectivity index (χ3n) is 4.64. The third kappa shape index (κ3) is 5.00. The molecule has 0 saturated heterocycles. The Morgan fingerprint density at radius 2 is 1.87 bits per heavy atom. The molecule has 0 aliphatic heterocycles. The lowest BCUT2D eigenvalue weighted by Gasteiger charge is -2.09. The van der Waals surface area contributed by atoms with E-state index in [2.05, 4.69) is 70.8 Å². The van der Waals surface area contributed by atoms with Crippen LogP contribution in [0.4, 0.5) is 11.6 Å². The molecule has 2 N–H and O–H groups in total. The highest BCUT2D eigenvalue weighted by atomic mass is 32.1. The largest absolute Gasteiger partial charge is 0.389 e. The number of aromatic nitrogens is 2. The van der Waals surface area contributed by atoms with Crippen molar-refractivity contribution in [3.63, 3.8) is 0 Å². The molecule has 0 aliphatic rings. The molecule has 0 spiro atoms. The van der Waals surface area contributed by atoms with Crippen LogP contribution in [-0.4, -0.2) is 15.1 Å². The normalized spacial score (nSPS) is 12.2. The molecule has 0 amide bonds. The van der Waals surface area contributed by atoms with Crippen LogP contribution in [0.25, 0.3) is 22.7 Å². The maximum absolute atomic E-state index is 9.78. The topological polar surface area (TPSA) is 58.0 Å². The number of nitrogens with zero attached hydrogens (tertiary/aromatic N) is 2. The van der Waals surface area contributed by atoms with E-state index in [0.29, 0.717) is 5.95 Å². The first-order valence-electron chi connectivity index (χ1n) is 9.80. The summed E-state index contributed by atoms with van der Waals surface area (Å²) in [6.07, 6.45) is 5.50. The van der Waals surface area contributed by atoms with Gasteiger partial charge in [-0.1, -0.05) is 48.0 Å². The van der Waals surface area contributed by atoms with E-state index in [4.69, 9.17) is 0 Å². The molecule has 30 heavy (non-hydrogen) atoms. The Bertz CT molecular complexity index is 1180. The number of nitrogens with one attached hydrogen (secondary N) is 1. The van der Waals surface area contributed by atoms with Crippen LogP contribution in [0.2, 0.25) is 0 Å². The molecule has 1 atom stereocenters. The molecule has 5 heteroatoms. The van der Waals surface area contributed by atoms with Gasteiger partial charge in [-0.3, -0.25) is 0 Å². The van der Waals surface area contributed by atoms with E-state index >= 15 is 0 Å². The number of rotatable bonds is 6. The summed E-state index contributed by atoms with van der Waals surface area (Å²) in [5.41, 5.74) is 5.01. The van der Waals surface area contributed by atoms with Crippen molar-refractivity contribution in [2.75, 3.05) is 5.32 Å². The highest BCUT2D eigenvalue weighted by Crippen LogP contribution is 2.29. The molecule has 0 radical (unpaired) electrons. The van der Waals surface area contributed by atoms with Crippen LogP contribution >= 0.6 is 11.3 Å². The molecular weight excluding hydrogens is 390 g/mol. The summed E-state index contributed by atoms with van der Waals surface area (Å²) in [5.74, 6) is 0.528. The predicted octanol–water partition coefficient (Wildman–Crippen LogP) is 6.48. The van der Waals surface area contributed by atoms with Gasteiger partial charge < -0.3 is 10.4 Å². The van der Waals surface area contributed by atoms with Crippen LogP contribution < -0.4 is 5.32 Å². The number of aliphatic hydroxyl groups is 1. The summed E-state index contributed by atoms with van der Waals surface area (Å²) < 4.78 is 0. The van der Waals surface area contributed by atoms with E-state index in [1.54, 1.807) is 24.5 Å². The first-order valence-corrected chi connectivity index (χ1v) is 10.6. The van der Waals surface area contributed by atoms with Gasteiger partial charge in [0.05, 0.1) is 16.7 Å². The van der Waals surface area contributed by atoms with Crippen LogP contribution in [0.1, 0.15) is 34.6 Å². The molecule has 0 fully saturated rings.